The molecular weight excluding hydrogens is 227 g/mol. The Hall–Kier alpha value is 0.0600. The molecule has 0 aromatic heterocycles. The van der Waals surface area contributed by atoms with E-state index in [0.717, 1.165) is 16.5 Å². The Kier molecular flexibility index (Phi) is 3.63. The van der Waals surface area contributed by atoms with Gasteiger partial charge in [0.25, 0.3) is 0 Å². The predicted molar refractivity (Wildman–Crippen MR) is 69.2 cm³/mol. The predicted octanol–water partition coefficient (Wildman–Crippen LogP) is 5.32. The normalized spacial score (nSPS) is 36.5. The summed E-state index contributed by atoms with van der Waals surface area (Å²) in [7, 11) is 0. The first kappa shape index (κ1) is 13.1. The molecule has 1 rings (SSSR count). The molecule has 15 heavy (non-hydrogen) atoms. The van der Waals surface area contributed by atoms with Crippen molar-refractivity contribution >= 4 is 23.2 Å². The van der Waals surface area contributed by atoms with Crippen molar-refractivity contribution in [3.63, 3.8) is 0 Å². The van der Waals surface area contributed by atoms with Gasteiger partial charge in [0.2, 0.25) is 0 Å². The maximum Gasteiger partial charge on any atom is 0.0250 e. The van der Waals surface area contributed by atoms with Crippen molar-refractivity contribution in [1.29, 1.82) is 0 Å². The molecule has 0 N–H and O–H groups in total. The molecule has 0 radical (unpaired) electrons. The molecule has 2 atom stereocenters. The minimum Gasteiger partial charge on any atom is -0.0885 e. The Morgan fingerprint density at radius 1 is 1.13 bits per heavy atom. The Morgan fingerprint density at radius 2 is 1.67 bits per heavy atom. The van der Waals surface area contributed by atoms with Gasteiger partial charge < -0.3 is 0 Å². The van der Waals surface area contributed by atoms with E-state index in [1.54, 1.807) is 0 Å². The first-order valence-corrected chi connectivity index (χ1v) is 6.29. The smallest absolute Gasteiger partial charge is 0.0250 e. The van der Waals surface area contributed by atoms with E-state index in [1.165, 1.54) is 0 Å². The van der Waals surface area contributed by atoms with Gasteiger partial charge in [-0.05, 0) is 12.3 Å². The molecular formula is C13H20Cl2. The van der Waals surface area contributed by atoms with Gasteiger partial charge in [0.15, 0.2) is 0 Å². The van der Waals surface area contributed by atoms with Gasteiger partial charge in [0, 0.05) is 20.9 Å². The minimum atomic E-state index is -0.104. The quantitative estimate of drug-likeness (QED) is 0.619. The maximum atomic E-state index is 6.41. The zero-order valence-corrected chi connectivity index (χ0v) is 11.7. The van der Waals surface area contributed by atoms with Gasteiger partial charge in [-0.1, -0.05) is 70.0 Å². The number of hydrogen-bond acceptors (Lipinski definition) is 0. The third kappa shape index (κ3) is 2.12. The first-order valence-electron chi connectivity index (χ1n) is 5.54. The number of rotatable bonds is 2. The lowest BCUT2D eigenvalue weighted by Crippen LogP contribution is -2.29. The number of halogens is 2. The lowest BCUT2D eigenvalue weighted by Gasteiger charge is -2.39. The van der Waals surface area contributed by atoms with Crippen LogP contribution in [-0.2, 0) is 0 Å². The second kappa shape index (κ2) is 4.14. The molecule has 2 heteroatoms. The molecule has 86 valence electrons. The summed E-state index contributed by atoms with van der Waals surface area (Å²) in [5.41, 5.74) is -0.180. The highest BCUT2D eigenvalue weighted by Crippen LogP contribution is 2.51. The highest BCUT2D eigenvalue weighted by Gasteiger charge is 2.38. The summed E-state index contributed by atoms with van der Waals surface area (Å²) in [6.45, 7) is 10.8. The van der Waals surface area contributed by atoms with Crippen molar-refractivity contribution in [1.82, 2.24) is 0 Å². The lowest BCUT2D eigenvalue weighted by molar-refractivity contribution is 0.348. The van der Waals surface area contributed by atoms with Gasteiger partial charge in [0.05, 0.1) is 0 Å². The SMILES string of the molecule is CCC1(C)C=C(Cl)C(C)(C(C)C)C=C1Cl. The van der Waals surface area contributed by atoms with E-state index in [-0.39, 0.29) is 10.8 Å². The second-order valence-corrected chi connectivity index (χ2v) is 6.01. The monoisotopic (exact) mass is 246 g/mol. The van der Waals surface area contributed by atoms with E-state index in [0.29, 0.717) is 5.92 Å². The Bertz CT molecular complexity index is 314. The van der Waals surface area contributed by atoms with Gasteiger partial charge in [-0.3, -0.25) is 0 Å². The van der Waals surface area contributed by atoms with Crippen molar-refractivity contribution < 1.29 is 0 Å². The maximum absolute atomic E-state index is 6.41. The summed E-state index contributed by atoms with van der Waals surface area (Å²) < 4.78 is 0. The molecule has 0 saturated carbocycles. The van der Waals surface area contributed by atoms with Crippen LogP contribution in [0.4, 0.5) is 0 Å². The average molecular weight is 247 g/mol. The van der Waals surface area contributed by atoms with Crippen molar-refractivity contribution in [3.05, 3.63) is 22.2 Å². The largest absolute Gasteiger partial charge is 0.0885 e. The molecule has 0 amide bonds. The molecule has 0 aromatic rings. The Morgan fingerprint density at radius 3 is 2.07 bits per heavy atom. The lowest BCUT2D eigenvalue weighted by atomic mass is 9.70. The molecule has 0 aliphatic heterocycles. The van der Waals surface area contributed by atoms with Crippen LogP contribution in [0, 0.1) is 16.7 Å². The highest BCUT2D eigenvalue weighted by atomic mass is 35.5. The van der Waals surface area contributed by atoms with Crippen LogP contribution in [-0.4, -0.2) is 0 Å². The summed E-state index contributed by atoms with van der Waals surface area (Å²) >= 11 is 12.8. The molecule has 0 aromatic carbocycles. The van der Waals surface area contributed by atoms with E-state index in [2.05, 4.69) is 46.8 Å². The van der Waals surface area contributed by atoms with Crippen molar-refractivity contribution in [2.45, 2.75) is 41.0 Å². The van der Waals surface area contributed by atoms with E-state index >= 15 is 0 Å². The van der Waals surface area contributed by atoms with E-state index in [4.69, 9.17) is 23.2 Å². The highest BCUT2D eigenvalue weighted by molar-refractivity contribution is 6.33. The van der Waals surface area contributed by atoms with Crippen LogP contribution in [0.2, 0.25) is 0 Å². The third-order valence-electron chi connectivity index (χ3n) is 3.87. The molecule has 0 spiro atoms. The second-order valence-electron chi connectivity index (χ2n) is 5.19. The molecule has 1 aliphatic rings. The van der Waals surface area contributed by atoms with Crippen LogP contribution in [0.1, 0.15) is 41.0 Å². The fraction of sp³-hybridized carbons (Fsp3) is 0.692. The van der Waals surface area contributed by atoms with Crippen LogP contribution in [0.25, 0.3) is 0 Å². The molecule has 0 nitrogen and oxygen atoms in total. The fourth-order valence-electron chi connectivity index (χ4n) is 1.71. The molecule has 1 aliphatic carbocycles. The van der Waals surface area contributed by atoms with E-state index < -0.39 is 0 Å². The fourth-order valence-corrected chi connectivity index (χ4v) is 2.64. The van der Waals surface area contributed by atoms with Crippen molar-refractivity contribution in [3.8, 4) is 0 Å². The van der Waals surface area contributed by atoms with Crippen molar-refractivity contribution in [2.75, 3.05) is 0 Å². The topological polar surface area (TPSA) is 0 Å². The van der Waals surface area contributed by atoms with E-state index in [9.17, 15) is 0 Å². The van der Waals surface area contributed by atoms with Crippen LogP contribution in [0.3, 0.4) is 0 Å². The molecule has 0 saturated heterocycles. The Labute approximate surface area is 103 Å². The van der Waals surface area contributed by atoms with Gasteiger partial charge >= 0.3 is 0 Å². The minimum absolute atomic E-state index is 0.0764. The summed E-state index contributed by atoms with van der Waals surface area (Å²) in [5, 5.41) is 1.84. The molecule has 0 fully saturated rings. The third-order valence-corrected chi connectivity index (χ3v) is 4.92. The van der Waals surface area contributed by atoms with Crippen LogP contribution >= 0.6 is 23.2 Å². The van der Waals surface area contributed by atoms with E-state index in [1.807, 2.05) is 0 Å². The van der Waals surface area contributed by atoms with Gasteiger partial charge in [-0.15, -0.1) is 0 Å². The molecule has 0 bridgehead atoms. The zero-order valence-electron chi connectivity index (χ0n) is 10.2. The number of allylic oxidation sites excluding steroid dienone is 4. The van der Waals surface area contributed by atoms with Gasteiger partial charge in [-0.2, -0.15) is 0 Å². The summed E-state index contributed by atoms with van der Waals surface area (Å²) in [6.07, 6.45) is 5.23. The van der Waals surface area contributed by atoms with Crippen LogP contribution in [0.15, 0.2) is 22.2 Å². The zero-order chi connectivity index (χ0) is 11.9. The molecule has 2 unspecified atom stereocenters. The van der Waals surface area contributed by atoms with Crippen molar-refractivity contribution in [2.24, 2.45) is 16.7 Å². The Balaban J connectivity index is 3.20. The van der Waals surface area contributed by atoms with Gasteiger partial charge in [0.1, 0.15) is 0 Å². The van der Waals surface area contributed by atoms with Gasteiger partial charge in [-0.25, -0.2) is 0 Å². The number of hydrogen-bond donors (Lipinski definition) is 0. The summed E-state index contributed by atoms with van der Waals surface area (Å²) in [6, 6.07) is 0. The standard InChI is InChI=1S/C13H20Cl2/c1-6-12(4)7-11(15)13(5,9(2)3)8-10(12)14/h7-9H,6H2,1-5H3. The van der Waals surface area contributed by atoms with Crippen LogP contribution in [0.5, 0.6) is 0 Å². The van der Waals surface area contributed by atoms with Crippen LogP contribution < -0.4 is 0 Å². The first-order chi connectivity index (χ1) is 6.76. The summed E-state index contributed by atoms with van der Waals surface area (Å²) in [4.78, 5) is 0. The average Bonchev–Trinajstić information content (AvgIpc) is 2.14. The summed E-state index contributed by atoms with van der Waals surface area (Å²) in [5.74, 6) is 0.455. The molecule has 0 heterocycles.